The maximum Gasteiger partial charge on any atom is 0.311 e. The molecule has 0 spiro atoms. The van der Waals surface area contributed by atoms with E-state index in [1.807, 2.05) is 25.1 Å². The second-order valence-corrected chi connectivity index (χ2v) is 5.16. The van der Waals surface area contributed by atoms with Crippen molar-refractivity contribution in [2.45, 2.75) is 13.3 Å². The molecule has 1 aromatic carbocycles. The smallest absolute Gasteiger partial charge is 0.311 e. The number of rotatable bonds is 2. The van der Waals surface area contributed by atoms with Gasteiger partial charge in [0.2, 0.25) is 17.8 Å². The molecule has 1 aliphatic heterocycles. The Morgan fingerprint density at radius 3 is 2.70 bits per heavy atom. The Bertz CT molecular complexity index is 683. The average molecular weight is 317 g/mol. The molecule has 0 bridgehead atoms. The zero-order valence-corrected chi connectivity index (χ0v) is 13.0. The number of aliphatic imine (C=N–C) groups is 2. The summed E-state index contributed by atoms with van der Waals surface area (Å²) in [5, 5.41) is 0. The molecule has 1 unspecified atom stereocenters. The Labute approximate surface area is 133 Å². The molecule has 2 rings (SSSR count). The van der Waals surface area contributed by atoms with Crippen molar-refractivity contribution in [3.05, 3.63) is 29.8 Å². The number of methoxy groups -OCH3 is 1. The number of nitrogens with two attached hydrogens (primary N) is 2. The van der Waals surface area contributed by atoms with Crippen LogP contribution in [0.5, 0.6) is 0 Å². The van der Waals surface area contributed by atoms with E-state index in [1.54, 1.807) is 6.07 Å². The summed E-state index contributed by atoms with van der Waals surface area (Å²) >= 11 is 0. The van der Waals surface area contributed by atoms with E-state index >= 15 is 0 Å². The largest absolute Gasteiger partial charge is 0.469 e. The second kappa shape index (κ2) is 6.91. The molecule has 1 aromatic rings. The normalized spacial score (nSPS) is 19.1. The number of aryl methyl sites for hydroxylation is 1. The summed E-state index contributed by atoms with van der Waals surface area (Å²) in [6.45, 7) is 2.02. The van der Waals surface area contributed by atoms with E-state index in [2.05, 4.69) is 14.7 Å². The lowest BCUT2D eigenvalue weighted by molar-refractivity contribution is -0.145. The quantitative estimate of drug-likeness (QED) is 0.460. The molecule has 8 heteroatoms. The standard InChI is InChI=1S/C15H19N5O3/c1-9-5-3-4-6-11(9)18-14(16)19-15(17)20-8-10(7-12(20)21)13(22)23-2/h3-6,10H,7-8H2,1-2H3,(H4,16,17,18,19). The monoisotopic (exact) mass is 317 g/mol. The van der Waals surface area contributed by atoms with Crippen molar-refractivity contribution in [1.82, 2.24) is 4.90 Å². The van der Waals surface area contributed by atoms with Crippen LogP contribution in [0.3, 0.4) is 0 Å². The van der Waals surface area contributed by atoms with Crippen LogP contribution in [0.1, 0.15) is 12.0 Å². The first kappa shape index (κ1) is 16.5. The second-order valence-electron chi connectivity index (χ2n) is 5.16. The Kier molecular flexibility index (Phi) is 4.95. The van der Waals surface area contributed by atoms with E-state index < -0.39 is 11.9 Å². The van der Waals surface area contributed by atoms with Gasteiger partial charge in [-0.05, 0) is 18.6 Å². The number of para-hydroxylation sites is 1. The van der Waals surface area contributed by atoms with E-state index in [4.69, 9.17) is 11.5 Å². The van der Waals surface area contributed by atoms with E-state index in [0.29, 0.717) is 5.69 Å². The molecule has 1 amide bonds. The zero-order chi connectivity index (χ0) is 17.0. The van der Waals surface area contributed by atoms with Crippen molar-refractivity contribution in [3.63, 3.8) is 0 Å². The maximum absolute atomic E-state index is 11.9. The van der Waals surface area contributed by atoms with Gasteiger partial charge in [-0.15, -0.1) is 0 Å². The molecule has 1 saturated heterocycles. The number of esters is 1. The van der Waals surface area contributed by atoms with Crippen LogP contribution in [0, 0.1) is 12.8 Å². The van der Waals surface area contributed by atoms with Crippen LogP contribution in [0.4, 0.5) is 5.69 Å². The van der Waals surface area contributed by atoms with Gasteiger partial charge in [0.15, 0.2) is 0 Å². The van der Waals surface area contributed by atoms with Crippen molar-refractivity contribution in [2.75, 3.05) is 13.7 Å². The maximum atomic E-state index is 11.9. The predicted molar refractivity (Wildman–Crippen MR) is 85.9 cm³/mol. The topological polar surface area (TPSA) is 123 Å². The lowest BCUT2D eigenvalue weighted by Gasteiger charge is -2.14. The number of nitrogens with zero attached hydrogens (tertiary/aromatic N) is 3. The summed E-state index contributed by atoms with van der Waals surface area (Å²) in [5.41, 5.74) is 13.2. The van der Waals surface area contributed by atoms with Gasteiger partial charge in [-0.1, -0.05) is 18.2 Å². The Morgan fingerprint density at radius 2 is 2.04 bits per heavy atom. The van der Waals surface area contributed by atoms with Crippen LogP contribution in [-0.2, 0) is 14.3 Å². The average Bonchev–Trinajstić information content (AvgIpc) is 2.90. The van der Waals surface area contributed by atoms with Crippen molar-refractivity contribution < 1.29 is 14.3 Å². The first-order valence-corrected chi connectivity index (χ1v) is 7.04. The molecule has 122 valence electrons. The van der Waals surface area contributed by atoms with Gasteiger partial charge in [0.1, 0.15) is 0 Å². The molecule has 1 atom stereocenters. The number of benzene rings is 1. The minimum Gasteiger partial charge on any atom is -0.469 e. The van der Waals surface area contributed by atoms with Gasteiger partial charge in [0, 0.05) is 13.0 Å². The van der Waals surface area contributed by atoms with Gasteiger partial charge in [-0.3, -0.25) is 14.5 Å². The molecular formula is C15H19N5O3. The summed E-state index contributed by atoms with van der Waals surface area (Å²) in [4.78, 5) is 32.7. The summed E-state index contributed by atoms with van der Waals surface area (Å²) in [7, 11) is 1.28. The fraction of sp³-hybridized carbons (Fsp3) is 0.333. The molecule has 0 aliphatic carbocycles. The van der Waals surface area contributed by atoms with Crippen LogP contribution in [0.15, 0.2) is 34.3 Å². The van der Waals surface area contributed by atoms with Gasteiger partial charge < -0.3 is 16.2 Å². The third-order valence-corrected chi connectivity index (χ3v) is 3.52. The van der Waals surface area contributed by atoms with Crippen LogP contribution in [-0.4, -0.2) is 42.4 Å². The molecule has 23 heavy (non-hydrogen) atoms. The van der Waals surface area contributed by atoms with Crippen molar-refractivity contribution >= 4 is 29.5 Å². The molecule has 8 nitrogen and oxygen atoms in total. The third kappa shape index (κ3) is 3.85. The Hall–Kier alpha value is -2.90. The van der Waals surface area contributed by atoms with E-state index in [1.165, 1.54) is 12.0 Å². The molecule has 0 aromatic heterocycles. The molecule has 1 aliphatic rings. The Balaban J connectivity index is 2.15. The molecule has 1 heterocycles. The Morgan fingerprint density at radius 1 is 1.35 bits per heavy atom. The number of guanidine groups is 2. The van der Waals surface area contributed by atoms with E-state index in [0.717, 1.165) is 5.56 Å². The van der Waals surface area contributed by atoms with Crippen molar-refractivity contribution in [1.29, 1.82) is 0 Å². The fourth-order valence-corrected chi connectivity index (χ4v) is 2.27. The summed E-state index contributed by atoms with van der Waals surface area (Å²) < 4.78 is 4.64. The van der Waals surface area contributed by atoms with Crippen LogP contribution < -0.4 is 11.5 Å². The van der Waals surface area contributed by atoms with Gasteiger partial charge in [-0.25, -0.2) is 4.99 Å². The van der Waals surface area contributed by atoms with Gasteiger partial charge in [0.05, 0.1) is 18.7 Å². The van der Waals surface area contributed by atoms with Crippen LogP contribution in [0.2, 0.25) is 0 Å². The molecule has 0 saturated carbocycles. The number of hydrogen-bond acceptors (Lipinski definition) is 4. The van der Waals surface area contributed by atoms with E-state index in [9.17, 15) is 9.59 Å². The number of amides is 1. The molecule has 4 N–H and O–H groups in total. The number of carbonyl (C=O) groups excluding carboxylic acids is 2. The number of ether oxygens (including phenoxy) is 1. The van der Waals surface area contributed by atoms with Gasteiger partial charge >= 0.3 is 5.97 Å². The first-order chi connectivity index (χ1) is 10.9. The highest BCUT2D eigenvalue weighted by molar-refractivity contribution is 6.04. The highest BCUT2D eigenvalue weighted by Crippen LogP contribution is 2.19. The molecule has 1 fully saturated rings. The van der Waals surface area contributed by atoms with E-state index in [-0.39, 0.29) is 30.8 Å². The summed E-state index contributed by atoms with van der Waals surface area (Å²) in [6.07, 6.45) is 0.0394. The fourth-order valence-electron chi connectivity index (χ4n) is 2.27. The van der Waals surface area contributed by atoms with Gasteiger partial charge in [0.25, 0.3) is 0 Å². The third-order valence-electron chi connectivity index (χ3n) is 3.52. The predicted octanol–water partition coefficient (Wildman–Crippen LogP) is 0.277. The van der Waals surface area contributed by atoms with Crippen LogP contribution >= 0.6 is 0 Å². The van der Waals surface area contributed by atoms with Gasteiger partial charge in [-0.2, -0.15) is 4.99 Å². The first-order valence-electron chi connectivity index (χ1n) is 7.04. The highest BCUT2D eigenvalue weighted by atomic mass is 16.5. The van der Waals surface area contributed by atoms with Crippen LogP contribution in [0.25, 0.3) is 0 Å². The number of hydrogen-bond donors (Lipinski definition) is 2. The summed E-state index contributed by atoms with van der Waals surface area (Å²) in [5.74, 6) is -1.45. The lowest BCUT2D eigenvalue weighted by atomic mass is 10.1. The highest BCUT2D eigenvalue weighted by Gasteiger charge is 2.36. The zero-order valence-electron chi connectivity index (χ0n) is 13.0. The minimum atomic E-state index is -0.546. The molecular weight excluding hydrogens is 298 g/mol. The number of carbonyl (C=O) groups is 2. The van der Waals surface area contributed by atoms with Crippen molar-refractivity contribution in [3.8, 4) is 0 Å². The minimum absolute atomic E-state index is 0.0394. The number of likely N-dealkylation sites (tertiary alicyclic amines) is 1. The SMILES string of the molecule is COC(=O)C1CC(=O)N(/C(N)=N/C(N)=Nc2ccccc2C)C1. The van der Waals surface area contributed by atoms with Crippen molar-refractivity contribution in [2.24, 2.45) is 27.4 Å². The lowest BCUT2D eigenvalue weighted by Crippen LogP contribution is -2.40. The summed E-state index contributed by atoms with van der Waals surface area (Å²) in [6, 6.07) is 7.40. The molecule has 0 radical (unpaired) electrons.